The Morgan fingerprint density at radius 1 is 1.10 bits per heavy atom. The molecular weight excluding hydrogens is 256 g/mol. The molecular formula is C15H26N2O3. The maximum atomic E-state index is 5.39. The van der Waals surface area contributed by atoms with Crippen LogP contribution in [0.1, 0.15) is 5.56 Å². The Morgan fingerprint density at radius 2 is 1.90 bits per heavy atom. The van der Waals surface area contributed by atoms with Gasteiger partial charge in [0.05, 0.1) is 20.8 Å². The maximum absolute atomic E-state index is 5.39. The number of likely N-dealkylation sites (N-methyl/N-ethyl adjacent to an activating group) is 1. The first kappa shape index (κ1) is 16.8. The van der Waals surface area contributed by atoms with Gasteiger partial charge in [-0.15, -0.1) is 0 Å². The molecule has 114 valence electrons. The van der Waals surface area contributed by atoms with E-state index in [9.17, 15) is 0 Å². The van der Waals surface area contributed by atoms with Crippen molar-refractivity contribution in [3.05, 3.63) is 23.8 Å². The van der Waals surface area contributed by atoms with E-state index in [4.69, 9.17) is 14.2 Å². The van der Waals surface area contributed by atoms with Gasteiger partial charge >= 0.3 is 0 Å². The molecule has 1 rings (SSSR count). The zero-order chi connectivity index (χ0) is 14.8. The van der Waals surface area contributed by atoms with E-state index in [1.807, 2.05) is 18.2 Å². The van der Waals surface area contributed by atoms with Gasteiger partial charge in [-0.05, 0) is 25.2 Å². The molecule has 5 nitrogen and oxygen atoms in total. The summed E-state index contributed by atoms with van der Waals surface area (Å²) in [5.74, 6) is 1.75. The van der Waals surface area contributed by atoms with Gasteiger partial charge in [0.2, 0.25) is 0 Å². The van der Waals surface area contributed by atoms with E-state index in [0.717, 1.165) is 49.8 Å². The summed E-state index contributed by atoms with van der Waals surface area (Å²) in [5, 5.41) is 3.33. The third kappa shape index (κ3) is 5.77. The molecule has 0 aliphatic rings. The Kier molecular flexibility index (Phi) is 8.02. The number of rotatable bonds is 10. The lowest BCUT2D eigenvalue weighted by atomic mass is 10.1. The van der Waals surface area contributed by atoms with Crippen molar-refractivity contribution in [2.75, 3.05) is 54.6 Å². The standard InChI is InChI=1S/C15H26N2O3/c1-17(9-7-16-8-10-18-2)12-13-11-14(19-3)5-6-15(13)20-4/h5-6,11,16H,7-10,12H2,1-4H3. The lowest BCUT2D eigenvalue weighted by Crippen LogP contribution is -2.30. The van der Waals surface area contributed by atoms with Crippen LogP contribution in [-0.2, 0) is 11.3 Å². The fourth-order valence-electron chi connectivity index (χ4n) is 1.94. The first-order valence-corrected chi connectivity index (χ1v) is 6.80. The fourth-order valence-corrected chi connectivity index (χ4v) is 1.94. The van der Waals surface area contributed by atoms with E-state index < -0.39 is 0 Å². The van der Waals surface area contributed by atoms with Crippen molar-refractivity contribution >= 4 is 0 Å². The summed E-state index contributed by atoms with van der Waals surface area (Å²) >= 11 is 0. The summed E-state index contributed by atoms with van der Waals surface area (Å²) in [5.41, 5.74) is 1.13. The van der Waals surface area contributed by atoms with Gasteiger partial charge < -0.3 is 24.4 Å². The molecule has 1 aromatic carbocycles. The monoisotopic (exact) mass is 282 g/mol. The summed E-state index contributed by atoms with van der Waals surface area (Å²) in [7, 11) is 7.17. The summed E-state index contributed by atoms with van der Waals surface area (Å²) in [6, 6.07) is 5.88. The topological polar surface area (TPSA) is 43.0 Å². The van der Waals surface area contributed by atoms with Gasteiger partial charge in [0.15, 0.2) is 0 Å². The number of nitrogens with one attached hydrogen (secondary N) is 1. The Bertz CT molecular complexity index is 385. The van der Waals surface area contributed by atoms with Gasteiger partial charge in [-0.25, -0.2) is 0 Å². The van der Waals surface area contributed by atoms with Crippen molar-refractivity contribution in [2.45, 2.75) is 6.54 Å². The largest absolute Gasteiger partial charge is 0.497 e. The normalized spacial score (nSPS) is 10.8. The van der Waals surface area contributed by atoms with Crippen molar-refractivity contribution in [2.24, 2.45) is 0 Å². The van der Waals surface area contributed by atoms with Crippen LogP contribution in [-0.4, -0.2) is 59.5 Å². The number of benzene rings is 1. The third-order valence-electron chi connectivity index (χ3n) is 3.08. The second-order valence-electron chi connectivity index (χ2n) is 4.66. The predicted molar refractivity (Wildman–Crippen MR) is 80.6 cm³/mol. The molecule has 1 aromatic rings. The molecule has 0 radical (unpaired) electrons. The molecule has 0 bridgehead atoms. The average molecular weight is 282 g/mol. The van der Waals surface area contributed by atoms with Crippen LogP contribution in [0.3, 0.4) is 0 Å². The number of methoxy groups -OCH3 is 3. The summed E-state index contributed by atoms with van der Waals surface area (Å²) in [6.07, 6.45) is 0. The number of nitrogens with zero attached hydrogens (tertiary/aromatic N) is 1. The molecule has 0 unspecified atom stereocenters. The molecule has 0 saturated carbocycles. The average Bonchev–Trinajstić information content (AvgIpc) is 2.47. The molecule has 0 spiro atoms. The minimum Gasteiger partial charge on any atom is -0.497 e. The zero-order valence-electron chi connectivity index (χ0n) is 12.9. The molecule has 0 heterocycles. The zero-order valence-corrected chi connectivity index (χ0v) is 12.9. The van der Waals surface area contributed by atoms with Crippen molar-refractivity contribution in [1.82, 2.24) is 10.2 Å². The SMILES string of the molecule is COCCNCCN(C)Cc1cc(OC)ccc1OC. The Hall–Kier alpha value is -1.30. The summed E-state index contributed by atoms with van der Waals surface area (Å²) in [6.45, 7) is 4.35. The molecule has 1 N–H and O–H groups in total. The van der Waals surface area contributed by atoms with Crippen molar-refractivity contribution < 1.29 is 14.2 Å². The number of hydrogen-bond acceptors (Lipinski definition) is 5. The van der Waals surface area contributed by atoms with E-state index in [-0.39, 0.29) is 0 Å². The Morgan fingerprint density at radius 3 is 2.55 bits per heavy atom. The Balaban J connectivity index is 2.45. The third-order valence-corrected chi connectivity index (χ3v) is 3.08. The van der Waals surface area contributed by atoms with Crippen molar-refractivity contribution in [3.8, 4) is 11.5 Å². The van der Waals surface area contributed by atoms with Crippen molar-refractivity contribution in [1.29, 1.82) is 0 Å². The van der Waals surface area contributed by atoms with Crippen LogP contribution in [0.4, 0.5) is 0 Å². The Labute approximate surface area is 121 Å². The molecule has 5 heteroatoms. The fraction of sp³-hybridized carbons (Fsp3) is 0.600. The van der Waals surface area contributed by atoms with Crippen LogP contribution in [0, 0.1) is 0 Å². The van der Waals surface area contributed by atoms with E-state index in [0.29, 0.717) is 0 Å². The molecule has 0 fully saturated rings. The highest BCUT2D eigenvalue weighted by Crippen LogP contribution is 2.24. The maximum Gasteiger partial charge on any atom is 0.123 e. The van der Waals surface area contributed by atoms with Crippen LogP contribution < -0.4 is 14.8 Å². The van der Waals surface area contributed by atoms with Crippen LogP contribution in [0.25, 0.3) is 0 Å². The van der Waals surface area contributed by atoms with Gasteiger partial charge in [0.1, 0.15) is 11.5 Å². The van der Waals surface area contributed by atoms with E-state index in [2.05, 4.69) is 17.3 Å². The second-order valence-corrected chi connectivity index (χ2v) is 4.66. The van der Waals surface area contributed by atoms with E-state index in [1.54, 1.807) is 21.3 Å². The molecule has 0 aliphatic heterocycles. The van der Waals surface area contributed by atoms with Crippen molar-refractivity contribution in [3.63, 3.8) is 0 Å². The summed E-state index contributed by atoms with van der Waals surface area (Å²) < 4.78 is 15.6. The number of ether oxygens (including phenoxy) is 3. The molecule has 0 atom stereocenters. The minimum atomic E-state index is 0.743. The highest BCUT2D eigenvalue weighted by atomic mass is 16.5. The lowest BCUT2D eigenvalue weighted by molar-refractivity contribution is 0.197. The van der Waals surface area contributed by atoms with Gasteiger partial charge in [-0.1, -0.05) is 0 Å². The van der Waals surface area contributed by atoms with Crippen LogP contribution in [0.5, 0.6) is 11.5 Å². The first-order chi connectivity index (χ1) is 9.71. The lowest BCUT2D eigenvalue weighted by Gasteiger charge is -2.19. The highest BCUT2D eigenvalue weighted by Gasteiger charge is 2.07. The smallest absolute Gasteiger partial charge is 0.123 e. The molecule has 0 aromatic heterocycles. The number of hydrogen-bond donors (Lipinski definition) is 1. The molecule has 0 saturated heterocycles. The predicted octanol–water partition coefficient (Wildman–Crippen LogP) is 1.37. The highest BCUT2D eigenvalue weighted by molar-refractivity contribution is 5.40. The van der Waals surface area contributed by atoms with Gasteiger partial charge in [-0.2, -0.15) is 0 Å². The first-order valence-electron chi connectivity index (χ1n) is 6.80. The summed E-state index contributed by atoms with van der Waals surface area (Å²) in [4.78, 5) is 2.25. The minimum absolute atomic E-state index is 0.743. The van der Waals surface area contributed by atoms with Gasteiger partial charge in [0, 0.05) is 38.9 Å². The molecule has 0 amide bonds. The van der Waals surface area contributed by atoms with Gasteiger partial charge in [-0.3, -0.25) is 0 Å². The van der Waals surface area contributed by atoms with Gasteiger partial charge in [0.25, 0.3) is 0 Å². The van der Waals surface area contributed by atoms with E-state index >= 15 is 0 Å². The van der Waals surface area contributed by atoms with E-state index in [1.165, 1.54) is 0 Å². The van der Waals surface area contributed by atoms with Crippen LogP contribution in [0.2, 0.25) is 0 Å². The molecule has 20 heavy (non-hydrogen) atoms. The second kappa shape index (κ2) is 9.58. The molecule has 0 aliphatic carbocycles. The quantitative estimate of drug-likeness (QED) is 0.657. The van der Waals surface area contributed by atoms with Crippen LogP contribution in [0.15, 0.2) is 18.2 Å². The van der Waals surface area contributed by atoms with Crippen LogP contribution >= 0.6 is 0 Å².